The van der Waals surface area contributed by atoms with Crippen molar-refractivity contribution in [3.05, 3.63) is 29.8 Å². The number of carbonyl (C=O) groups is 1. The van der Waals surface area contributed by atoms with E-state index < -0.39 is 0 Å². The third-order valence-corrected chi connectivity index (χ3v) is 4.80. The number of amides is 1. The molecule has 0 aromatic heterocycles. The molecule has 0 radical (unpaired) electrons. The maximum Gasteiger partial charge on any atom is 0.224 e. The monoisotopic (exact) mass is 531 g/mol. The Morgan fingerprint density at radius 2 is 1.93 bits per heavy atom. The van der Waals surface area contributed by atoms with Crippen LogP contribution in [0.1, 0.15) is 39.7 Å². The van der Waals surface area contributed by atoms with Gasteiger partial charge in [0.2, 0.25) is 5.91 Å². The molecule has 8 heteroatoms. The molecule has 1 atom stereocenters. The summed E-state index contributed by atoms with van der Waals surface area (Å²) < 4.78 is 5.43. The highest BCUT2D eigenvalue weighted by Gasteiger charge is 2.17. The average molecular weight is 531 g/mol. The number of nitrogens with one attached hydrogen (secondary N) is 3. The van der Waals surface area contributed by atoms with Gasteiger partial charge in [0.25, 0.3) is 0 Å². The maximum atomic E-state index is 12.0. The lowest BCUT2D eigenvalue weighted by Crippen LogP contribution is -2.49. The molecule has 1 aromatic rings. The predicted octanol–water partition coefficient (Wildman–Crippen LogP) is 3.07. The van der Waals surface area contributed by atoms with Crippen molar-refractivity contribution in [1.82, 2.24) is 15.5 Å². The van der Waals surface area contributed by atoms with Crippen molar-refractivity contribution >= 4 is 41.5 Å². The number of nitrogens with zero attached hydrogens (tertiary/aromatic N) is 2. The number of ether oxygens (including phenoxy) is 1. The van der Waals surface area contributed by atoms with Gasteiger partial charge in [-0.15, -0.1) is 24.0 Å². The van der Waals surface area contributed by atoms with Crippen LogP contribution in [-0.4, -0.2) is 62.2 Å². The molecule has 0 bridgehead atoms. The zero-order valence-corrected chi connectivity index (χ0v) is 21.1. The van der Waals surface area contributed by atoms with E-state index in [4.69, 9.17) is 9.73 Å². The van der Waals surface area contributed by atoms with E-state index in [1.165, 1.54) is 0 Å². The highest BCUT2D eigenvalue weighted by atomic mass is 127. The van der Waals surface area contributed by atoms with Crippen molar-refractivity contribution in [3.8, 4) is 0 Å². The van der Waals surface area contributed by atoms with E-state index in [1.807, 2.05) is 38.1 Å². The number of guanidine groups is 1. The number of benzene rings is 1. The van der Waals surface area contributed by atoms with E-state index in [9.17, 15) is 4.79 Å². The Morgan fingerprint density at radius 1 is 1.20 bits per heavy atom. The van der Waals surface area contributed by atoms with Crippen molar-refractivity contribution in [2.45, 2.75) is 46.7 Å². The normalized spacial score (nSPS) is 16.0. The molecule has 1 heterocycles. The molecule has 0 spiro atoms. The molecule has 7 nitrogen and oxygen atoms in total. The molecule has 170 valence electrons. The number of rotatable bonds is 9. The van der Waals surface area contributed by atoms with Crippen LogP contribution in [0.25, 0.3) is 0 Å². The SMILES string of the molecule is CCNC(=NCc1cccc(NC(=O)CC(C)C)c1)NCC(C)N1CCOCC1.I. The smallest absolute Gasteiger partial charge is 0.224 e. The molecule has 3 N–H and O–H groups in total. The number of hydrogen-bond donors (Lipinski definition) is 3. The summed E-state index contributed by atoms with van der Waals surface area (Å²) in [5.41, 5.74) is 1.88. The Bertz CT molecular complexity index is 663. The van der Waals surface area contributed by atoms with Crippen LogP contribution in [0.2, 0.25) is 0 Å². The number of morpholine rings is 1. The van der Waals surface area contributed by atoms with Crippen LogP contribution in [0, 0.1) is 5.92 Å². The first-order valence-corrected chi connectivity index (χ1v) is 10.7. The Hall–Kier alpha value is -1.39. The molecule has 30 heavy (non-hydrogen) atoms. The van der Waals surface area contributed by atoms with Gasteiger partial charge in [0, 0.05) is 44.3 Å². The lowest BCUT2D eigenvalue weighted by molar-refractivity contribution is -0.116. The summed E-state index contributed by atoms with van der Waals surface area (Å²) in [7, 11) is 0. The zero-order valence-electron chi connectivity index (χ0n) is 18.7. The molecular formula is C22H38IN5O2. The standard InChI is InChI=1S/C22H37N5O2.HI/c1-5-23-22(24-15-18(4)27-9-11-29-12-10-27)25-16-19-7-6-8-20(14-19)26-21(28)13-17(2)3;/h6-8,14,17-18H,5,9-13,15-16H2,1-4H3,(H,26,28)(H2,23,24,25);1H. The third-order valence-electron chi connectivity index (χ3n) is 4.80. The zero-order chi connectivity index (χ0) is 21.1. The summed E-state index contributed by atoms with van der Waals surface area (Å²) in [5, 5.41) is 9.72. The van der Waals surface area contributed by atoms with Crippen molar-refractivity contribution in [2.24, 2.45) is 10.9 Å². The second-order valence-corrected chi connectivity index (χ2v) is 7.92. The summed E-state index contributed by atoms with van der Waals surface area (Å²) in [5.74, 6) is 1.20. The summed E-state index contributed by atoms with van der Waals surface area (Å²) in [6.45, 7) is 14.1. The average Bonchev–Trinajstić information content (AvgIpc) is 2.70. The van der Waals surface area contributed by atoms with Gasteiger partial charge in [-0.1, -0.05) is 26.0 Å². The third kappa shape index (κ3) is 10.1. The van der Waals surface area contributed by atoms with E-state index in [1.54, 1.807) is 0 Å². The molecule has 1 aromatic carbocycles. The van der Waals surface area contributed by atoms with E-state index >= 15 is 0 Å². The summed E-state index contributed by atoms with van der Waals surface area (Å²) in [4.78, 5) is 19.1. The van der Waals surface area contributed by atoms with Crippen LogP contribution < -0.4 is 16.0 Å². The summed E-state index contributed by atoms with van der Waals surface area (Å²) >= 11 is 0. The minimum absolute atomic E-state index is 0. The van der Waals surface area contributed by atoms with Crippen LogP contribution in [-0.2, 0) is 16.1 Å². The van der Waals surface area contributed by atoms with Crippen molar-refractivity contribution in [1.29, 1.82) is 0 Å². The van der Waals surface area contributed by atoms with Gasteiger partial charge in [0.15, 0.2) is 5.96 Å². The van der Waals surface area contributed by atoms with Gasteiger partial charge in [-0.05, 0) is 37.5 Å². The van der Waals surface area contributed by atoms with E-state index in [-0.39, 0.29) is 29.9 Å². The number of aliphatic imine (C=N–C) groups is 1. The maximum absolute atomic E-state index is 12.0. The van der Waals surface area contributed by atoms with Gasteiger partial charge < -0.3 is 20.7 Å². The van der Waals surface area contributed by atoms with Gasteiger partial charge in [-0.25, -0.2) is 4.99 Å². The molecule has 1 fully saturated rings. The van der Waals surface area contributed by atoms with Crippen molar-refractivity contribution in [3.63, 3.8) is 0 Å². The Kier molecular flexibility index (Phi) is 13.0. The highest BCUT2D eigenvalue weighted by molar-refractivity contribution is 14.0. The van der Waals surface area contributed by atoms with Crippen LogP contribution in [0.4, 0.5) is 5.69 Å². The Labute approximate surface area is 198 Å². The fraction of sp³-hybridized carbons (Fsp3) is 0.636. The number of anilines is 1. The van der Waals surface area contributed by atoms with E-state index in [0.717, 1.165) is 56.6 Å². The molecule has 1 saturated heterocycles. The molecule has 0 aliphatic carbocycles. The second-order valence-electron chi connectivity index (χ2n) is 7.92. The number of hydrogen-bond acceptors (Lipinski definition) is 4. The number of halogens is 1. The van der Waals surface area contributed by atoms with Gasteiger partial charge in [0.05, 0.1) is 19.8 Å². The van der Waals surface area contributed by atoms with Gasteiger partial charge in [0.1, 0.15) is 0 Å². The van der Waals surface area contributed by atoms with Crippen LogP contribution in [0.3, 0.4) is 0 Å². The molecule has 1 aliphatic heterocycles. The molecule has 2 rings (SSSR count). The number of carbonyl (C=O) groups excluding carboxylic acids is 1. The second kappa shape index (κ2) is 14.6. The van der Waals surface area contributed by atoms with Crippen LogP contribution in [0.5, 0.6) is 0 Å². The highest BCUT2D eigenvalue weighted by Crippen LogP contribution is 2.13. The van der Waals surface area contributed by atoms with Crippen LogP contribution >= 0.6 is 24.0 Å². The van der Waals surface area contributed by atoms with E-state index in [0.29, 0.717) is 24.9 Å². The van der Waals surface area contributed by atoms with Crippen molar-refractivity contribution < 1.29 is 9.53 Å². The van der Waals surface area contributed by atoms with Gasteiger partial charge >= 0.3 is 0 Å². The first-order valence-electron chi connectivity index (χ1n) is 10.7. The molecule has 1 unspecified atom stereocenters. The summed E-state index contributed by atoms with van der Waals surface area (Å²) in [6, 6.07) is 8.31. The topological polar surface area (TPSA) is 78.0 Å². The lowest BCUT2D eigenvalue weighted by Gasteiger charge is -2.32. The lowest BCUT2D eigenvalue weighted by atomic mass is 10.1. The predicted molar refractivity (Wildman–Crippen MR) is 135 cm³/mol. The van der Waals surface area contributed by atoms with Crippen LogP contribution in [0.15, 0.2) is 29.3 Å². The molecular weight excluding hydrogens is 493 g/mol. The summed E-state index contributed by atoms with van der Waals surface area (Å²) in [6.07, 6.45) is 0.526. The minimum atomic E-state index is 0. The minimum Gasteiger partial charge on any atom is -0.379 e. The van der Waals surface area contributed by atoms with Gasteiger partial charge in [-0.3, -0.25) is 9.69 Å². The fourth-order valence-electron chi connectivity index (χ4n) is 3.23. The van der Waals surface area contributed by atoms with E-state index in [2.05, 4.69) is 34.7 Å². The molecule has 0 saturated carbocycles. The van der Waals surface area contributed by atoms with Gasteiger partial charge in [-0.2, -0.15) is 0 Å². The quantitative estimate of drug-likeness (QED) is 0.260. The van der Waals surface area contributed by atoms with Crippen molar-refractivity contribution in [2.75, 3.05) is 44.7 Å². The Balaban J connectivity index is 0.00000450. The first-order chi connectivity index (χ1) is 14.0. The first kappa shape index (κ1) is 26.6. The molecule has 1 amide bonds. The molecule has 1 aliphatic rings. The Morgan fingerprint density at radius 3 is 2.60 bits per heavy atom. The largest absolute Gasteiger partial charge is 0.379 e. The fourth-order valence-corrected chi connectivity index (χ4v) is 3.23.